The van der Waals surface area contributed by atoms with E-state index in [-0.39, 0.29) is 5.54 Å². The lowest BCUT2D eigenvalue weighted by atomic mass is 9.58. The first-order valence-corrected chi connectivity index (χ1v) is 8.60. The van der Waals surface area contributed by atoms with Crippen molar-refractivity contribution in [2.75, 3.05) is 7.05 Å². The number of hydrogen-bond donors (Lipinski definition) is 1. The number of nitrogens with zero attached hydrogens (tertiary/aromatic N) is 1. The smallest absolute Gasteiger partial charge is 0.113 e. The van der Waals surface area contributed by atoms with E-state index in [1.54, 1.807) is 0 Å². The quantitative estimate of drug-likeness (QED) is 0.876. The van der Waals surface area contributed by atoms with Gasteiger partial charge in [-0.25, -0.2) is 4.98 Å². The Morgan fingerprint density at radius 3 is 2.05 bits per heavy atom. The van der Waals surface area contributed by atoms with Crippen LogP contribution in [0, 0.1) is 17.8 Å². The van der Waals surface area contributed by atoms with Gasteiger partial charge in [-0.1, -0.05) is 34.6 Å². The highest BCUT2D eigenvalue weighted by Crippen LogP contribution is 2.54. The zero-order valence-electron chi connectivity index (χ0n) is 14.2. The molecule has 0 bridgehead atoms. The van der Waals surface area contributed by atoms with E-state index in [1.807, 2.05) is 11.3 Å². The third-order valence-electron chi connectivity index (χ3n) is 4.63. The fourth-order valence-corrected chi connectivity index (χ4v) is 5.71. The third-order valence-corrected chi connectivity index (χ3v) is 5.85. The monoisotopic (exact) mass is 294 g/mol. The molecule has 0 aliphatic heterocycles. The second kappa shape index (κ2) is 5.10. The fraction of sp³-hybridized carbons (Fsp3) is 0.824. The van der Waals surface area contributed by atoms with E-state index in [9.17, 15) is 0 Å². The molecule has 1 aromatic rings. The van der Waals surface area contributed by atoms with Crippen LogP contribution in [0.1, 0.15) is 69.5 Å². The Morgan fingerprint density at radius 2 is 1.65 bits per heavy atom. The van der Waals surface area contributed by atoms with E-state index in [4.69, 9.17) is 4.98 Å². The first-order valence-electron chi connectivity index (χ1n) is 7.79. The summed E-state index contributed by atoms with van der Waals surface area (Å²) in [6.45, 7) is 14.0. The number of aryl methyl sites for hydroxylation is 2. The van der Waals surface area contributed by atoms with Gasteiger partial charge in [0.1, 0.15) is 5.01 Å². The topological polar surface area (TPSA) is 24.9 Å². The van der Waals surface area contributed by atoms with Gasteiger partial charge in [-0.2, -0.15) is 0 Å². The van der Waals surface area contributed by atoms with E-state index in [1.165, 1.54) is 34.8 Å². The maximum atomic E-state index is 4.98. The summed E-state index contributed by atoms with van der Waals surface area (Å²) in [6.07, 6.45) is 4.68. The molecule has 1 saturated carbocycles. The van der Waals surface area contributed by atoms with Crippen LogP contribution in [0.3, 0.4) is 0 Å². The lowest BCUT2D eigenvalue weighted by Gasteiger charge is -2.51. The van der Waals surface area contributed by atoms with Gasteiger partial charge in [-0.05, 0) is 50.5 Å². The van der Waals surface area contributed by atoms with Crippen molar-refractivity contribution in [3.63, 3.8) is 0 Å². The highest BCUT2D eigenvalue weighted by molar-refractivity contribution is 7.11. The molecular weight excluding hydrogens is 264 g/mol. The van der Waals surface area contributed by atoms with Crippen LogP contribution in [0.5, 0.6) is 0 Å². The van der Waals surface area contributed by atoms with Gasteiger partial charge in [0.05, 0.1) is 11.2 Å². The van der Waals surface area contributed by atoms with Crippen LogP contribution in [0.2, 0.25) is 0 Å². The molecule has 0 atom stereocenters. The summed E-state index contributed by atoms with van der Waals surface area (Å²) in [6, 6.07) is 0. The molecule has 2 rings (SSSR count). The molecule has 0 unspecified atom stereocenters. The van der Waals surface area contributed by atoms with E-state index >= 15 is 0 Å². The number of aromatic nitrogens is 1. The summed E-state index contributed by atoms with van der Waals surface area (Å²) >= 11 is 1.90. The lowest BCUT2D eigenvalue weighted by Crippen LogP contribution is -2.51. The van der Waals surface area contributed by atoms with Gasteiger partial charge in [0.25, 0.3) is 0 Å². The first-order chi connectivity index (χ1) is 9.13. The van der Waals surface area contributed by atoms with Gasteiger partial charge in [-0.3, -0.25) is 0 Å². The van der Waals surface area contributed by atoms with Crippen molar-refractivity contribution in [3.05, 3.63) is 15.6 Å². The van der Waals surface area contributed by atoms with Crippen molar-refractivity contribution in [1.82, 2.24) is 10.3 Å². The molecule has 0 saturated heterocycles. The molecule has 20 heavy (non-hydrogen) atoms. The average Bonchev–Trinajstić information content (AvgIpc) is 2.67. The summed E-state index contributed by atoms with van der Waals surface area (Å²) < 4.78 is 0. The second-order valence-corrected chi connectivity index (χ2v) is 9.27. The zero-order chi connectivity index (χ0) is 15.2. The maximum Gasteiger partial charge on any atom is 0.113 e. The Kier molecular flexibility index (Phi) is 4.07. The minimum absolute atomic E-state index is 0.0497. The predicted molar refractivity (Wildman–Crippen MR) is 88.4 cm³/mol. The van der Waals surface area contributed by atoms with Crippen molar-refractivity contribution >= 4 is 11.3 Å². The standard InChI is InChI=1S/C17H30N2S/c1-8-13-12(2)20-14(19-13)17(18-7)10-15(3,4)9-16(5,6)11-17/h18H,8-11H2,1-7H3. The Balaban J connectivity index is 2.46. The van der Waals surface area contributed by atoms with E-state index in [0.717, 1.165) is 6.42 Å². The molecular formula is C17H30N2S. The minimum Gasteiger partial charge on any atom is -0.308 e. The third kappa shape index (κ3) is 2.94. The van der Waals surface area contributed by atoms with Crippen LogP contribution >= 0.6 is 11.3 Å². The highest BCUT2D eigenvalue weighted by Gasteiger charge is 2.49. The summed E-state index contributed by atoms with van der Waals surface area (Å²) in [5.41, 5.74) is 2.04. The number of hydrogen-bond acceptors (Lipinski definition) is 3. The normalized spacial score (nSPS) is 23.8. The van der Waals surface area contributed by atoms with Gasteiger partial charge in [0.2, 0.25) is 0 Å². The van der Waals surface area contributed by atoms with Gasteiger partial charge in [-0.15, -0.1) is 11.3 Å². The average molecular weight is 295 g/mol. The molecule has 1 aliphatic carbocycles. The Hall–Kier alpha value is -0.410. The molecule has 1 N–H and O–H groups in total. The summed E-state index contributed by atoms with van der Waals surface area (Å²) in [5.74, 6) is 0. The van der Waals surface area contributed by atoms with Crippen molar-refractivity contribution < 1.29 is 0 Å². The molecule has 114 valence electrons. The van der Waals surface area contributed by atoms with Gasteiger partial charge in [0, 0.05) is 4.88 Å². The van der Waals surface area contributed by atoms with Crippen molar-refractivity contribution in [2.45, 2.75) is 72.8 Å². The van der Waals surface area contributed by atoms with Crippen molar-refractivity contribution in [3.8, 4) is 0 Å². The van der Waals surface area contributed by atoms with Crippen molar-refractivity contribution in [2.24, 2.45) is 10.8 Å². The van der Waals surface area contributed by atoms with E-state index in [2.05, 4.69) is 53.9 Å². The van der Waals surface area contributed by atoms with Gasteiger partial charge >= 0.3 is 0 Å². The van der Waals surface area contributed by atoms with Gasteiger partial charge < -0.3 is 5.32 Å². The largest absolute Gasteiger partial charge is 0.308 e. The fourth-order valence-electron chi connectivity index (χ4n) is 4.51. The maximum absolute atomic E-state index is 4.98. The molecule has 1 fully saturated rings. The van der Waals surface area contributed by atoms with E-state index in [0.29, 0.717) is 10.8 Å². The first kappa shape index (κ1) is 16.0. The zero-order valence-corrected chi connectivity index (χ0v) is 15.0. The number of rotatable bonds is 3. The van der Waals surface area contributed by atoms with Crippen LogP contribution in [0.25, 0.3) is 0 Å². The van der Waals surface area contributed by atoms with Crippen LogP contribution in [0.15, 0.2) is 0 Å². The summed E-state index contributed by atoms with van der Waals surface area (Å²) in [4.78, 5) is 6.37. The van der Waals surface area contributed by atoms with Crippen LogP contribution in [-0.4, -0.2) is 12.0 Å². The molecule has 0 amide bonds. The SMILES string of the molecule is CCc1nc(C2(NC)CC(C)(C)CC(C)(C)C2)sc1C. The Labute approximate surface area is 128 Å². The summed E-state index contributed by atoms with van der Waals surface area (Å²) in [5, 5.41) is 4.96. The molecule has 0 radical (unpaired) electrons. The number of thiazole rings is 1. The Morgan fingerprint density at radius 1 is 1.10 bits per heavy atom. The highest BCUT2D eigenvalue weighted by atomic mass is 32.1. The molecule has 1 aromatic heterocycles. The Bertz CT molecular complexity index is 469. The van der Waals surface area contributed by atoms with Crippen molar-refractivity contribution in [1.29, 1.82) is 0 Å². The molecule has 0 spiro atoms. The number of nitrogens with one attached hydrogen (secondary N) is 1. The molecule has 1 heterocycles. The van der Waals surface area contributed by atoms with E-state index < -0.39 is 0 Å². The predicted octanol–water partition coefficient (Wildman–Crippen LogP) is 4.66. The molecule has 1 aliphatic rings. The van der Waals surface area contributed by atoms with Crippen LogP contribution in [-0.2, 0) is 12.0 Å². The minimum atomic E-state index is 0.0497. The molecule has 0 aromatic carbocycles. The second-order valence-electron chi connectivity index (χ2n) is 8.07. The van der Waals surface area contributed by atoms with Gasteiger partial charge in [0.15, 0.2) is 0 Å². The van der Waals surface area contributed by atoms with Crippen LogP contribution < -0.4 is 5.32 Å². The molecule has 2 nitrogen and oxygen atoms in total. The lowest BCUT2D eigenvalue weighted by molar-refractivity contribution is 0.0299. The summed E-state index contributed by atoms with van der Waals surface area (Å²) in [7, 11) is 2.11. The molecule has 3 heteroatoms. The van der Waals surface area contributed by atoms with Crippen LogP contribution in [0.4, 0.5) is 0 Å².